The number of rotatable bonds is 3. The Hall–Kier alpha value is -2.21. The van der Waals surface area contributed by atoms with Gasteiger partial charge < -0.3 is 15.2 Å². The van der Waals surface area contributed by atoms with Crippen LogP contribution in [0.15, 0.2) is 30.3 Å². The van der Waals surface area contributed by atoms with Crippen LogP contribution in [0, 0.1) is 0 Å². The zero-order valence-corrected chi connectivity index (χ0v) is 9.42. The SMILES string of the molecule is N[C@@]1(C(=O)OCc2ccccc2)CC(=O)OC1=O. The van der Waals surface area contributed by atoms with Crippen molar-refractivity contribution in [3.63, 3.8) is 0 Å². The van der Waals surface area contributed by atoms with Gasteiger partial charge in [-0.2, -0.15) is 0 Å². The van der Waals surface area contributed by atoms with E-state index in [0.717, 1.165) is 5.56 Å². The minimum atomic E-state index is -2.01. The Bertz CT molecular complexity index is 498. The van der Waals surface area contributed by atoms with E-state index in [0.29, 0.717) is 0 Å². The van der Waals surface area contributed by atoms with E-state index in [1.165, 1.54) is 0 Å². The van der Waals surface area contributed by atoms with Crippen molar-refractivity contribution in [1.29, 1.82) is 0 Å². The second kappa shape index (κ2) is 4.58. The number of carbonyl (C=O) groups is 3. The normalized spacial score (nSPS) is 22.7. The Labute approximate surface area is 103 Å². The molecule has 0 aliphatic carbocycles. The Balaban J connectivity index is 2.00. The number of ether oxygens (including phenoxy) is 2. The third-order valence-corrected chi connectivity index (χ3v) is 2.57. The van der Waals surface area contributed by atoms with Crippen LogP contribution in [-0.4, -0.2) is 23.4 Å². The van der Waals surface area contributed by atoms with Crippen LogP contribution in [0.25, 0.3) is 0 Å². The molecule has 1 saturated heterocycles. The summed E-state index contributed by atoms with van der Waals surface area (Å²) in [6.45, 7) is -0.0138. The molecule has 6 nitrogen and oxygen atoms in total. The summed E-state index contributed by atoms with van der Waals surface area (Å²) in [6.07, 6.45) is -0.487. The highest BCUT2D eigenvalue weighted by atomic mass is 16.6. The number of nitrogens with two attached hydrogens (primary N) is 1. The van der Waals surface area contributed by atoms with Gasteiger partial charge in [-0.05, 0) is 5.56 Å². The highest BCUT2D eigenvalue weighted by molar-refractivity contribution is 6.14. The minimum absolute atomic E-state index is 0.0138. The van der Waals surface area contributed by atoms with Crippen LogP contribution in [-0.2, 0) is 30.5 Å². The molecule has 94 valence electrons. The van der Waals surface area contributed by atoms with Crippen molar-refractivity contribution in [2.24, 2.45) is 5.73 Å². The second-order valence-corrected chi connectivity index (χ2v) is 3.97. The van der Waals surface area contributed by atoms with Crippen molar-refractivity contribution < 1.29 is 23.9 Å². The first-order chi connectivity index (χ1) is 8.52. The predicted octanol–water partition coefficient (Wildman–Crippen LogP) is -0.0992. The summed E-state index contributed by atoms with van der Waals surface area (Å²) in [4.78, 5) is 33.9. The van der Waals surface area contributed by atoms with Crippen LogP contribution in [0.4, 0.5) is 0 Å². The molecule has 0 unspecified atom stereocenters. The van der Waals surface area contributed by atoms with Gasteiger partial charge in [0.1, 0.15) is 6.61 Å². The fourth-order valence-electron chi connectivity index (χ4n) is 1.54. The maximum absolute atomic E-state index is 11.7. The van der Waals surface area contributed by atoms with Gasteiger partial charge in [-0.15, -0.1) is 0 Å². The van der Waals surface area contributed by atoms with E-state index in [9.17, 15) is 14.4 Å². The summed E-state index contributed by atoms with van der Waals surface area (Å²) < 4.78 is 9.16. The number of esters is 3. The van der Waals surface area contributed by atoms with E-state index >= 15 is 0 Å². The number of carbonyl (C=O) groups excluding carboxylic acids is 3. The summed E-state index contributed by atoms with van der Waals surface area (Å²) in [7, 11) is 0. The van der Waals surface area contributed by atoms with Gasteiger partial charge in [-0.3, -0.25) is 4.79 Å². The molecule has 1 atom stereocenters. The van der Waals surface area contributed by atoms with Crippen LogP contribution in [0.3, 0.4) is 0 Å². The number of hydrogen-bond acceptors (Lipinski definition) is 6. The van der Waals surface area contributed by atoms with Gasteiger partial charge in [0.05, 0.1) is 6.42 Å². The van der Waals surface area contributed by atoms with E-state index in [1.807, 2.05) is 6.07 Å². The van der Waals surface area contributed by atoms with Gasteiger partial charge in [-0.25, -0.2) is 9.59 Å². The first kappa shape index (κ1) is 12.3. The minimum Gasteiger partial charge on any atom is -0.459 e. The molecule has 2 N–H and O–H groups in total. The standard InChI is InChI=1S/C12H11NO5/c13-12(6-9(14)18-11(12)16)10(15)17-7-8-4-2-1-3-5-8/h1-5H,6-7,13H2/t12-/m1/s1. The molecule has 2 rings (SSSR count). The van der Waals surface area contributed by atoms with Gasteiger partial charge in [0, 0.05) is 0 Å². The van der Waals surface area contributed by atoms with E-state index in [2.05, 4.69) is 4.74 Å². The molecule has 1 aromatic rings. The Morgan fingerprint density at radius 2 is 2.00 bits per heavy atom. The fraction of sp³-hybridized carbons (Fsp3) is 0.250. The van der Waals surface area contributed by atoms with Crippen LogP contribution in [0.1, 0.15) is 12.0 Å². The van der Waals surface area contributed by atoms with E-state index in [1.54, 1.807) is 24.3 Å². The number of hydrogen-bond donors (Lipinski definition) is 1. The lowest BCUT2D eigenvalue weighted by atomic mass is 10.00. The lowest BCUT2D eigenvalue weighted by molar-refractivity contribution is -0.160. The monoisotopic (exact) mass is 249 g/mol. The summed E-state index contributed by atoms with van der Waals surface area (Å²) in [5.74, 6) is -2.84. The van der Waals surface area contributed by atoms with Crippen molar-refractivity contribution in [2.75, 3.05) is 0 Å². The van der Waals surface area contributed by atoms with Crippen molar-refractivity contribution in [1.82, 2.24) is 0 Å². The largest absolute Gasteiger partial charge is 0.459 e. The van der Waals surface area contributed by atoms with Crippen molar-refractivity contribution >= 4 is 17.9 Å². The molecule has 0 bridgehead atoms. The average molecular weight is 249 g/mol. The van der Waals surface area contributed by atoms with Crippen molar-refractivity contribution in [3.05, 3.63) is 35.9 Å². The maximum atomic E-state index is 11.7. The summed E-state index contributed by atoms with van der Waals surface area (Å²) >= 11 is 0. The summed E-state index contributed by atoms with van der Waals surface area (Å²) in [5, 5.41) is 0. The van der Waals surface area contributed by atoms with Crippen molar-refractivity contribution in [2.45, 2.75) is 18.6 Å². The van der Waals surface area contributed by atoms with Gasteiger partial charge in [0.25, 0.3) is 0 Å². The molecule has 0 spiro atoms. The molecule has 0 saturated carbocycles. The molecule has 18 heavy (non-hydrogen) atoms. The molecular formula is C12H11NO5. The Morgan fingerprint density at radius 3 is 2.56 bits per heavy atom. The lowest BCUT2D eigenvalue weighted by Gasteiger charge is -2.16. The highest BCUT2D eigenvalue weighted by Gasteiger charge is 2.53. The van der Waals surface area contributed by atoms with E-state index < -0.39 is 29.9 Å². The molecule has 1 fully saturated rings. The third-order valence-electron chi connectivity index (χ3n) is 2.57. The summed E-state index contributed by atoms with van der Waals surface area (Å²) in [5.41, 5.74) is 4.28. The lowest BCUT2D eigenvalue weighted by Crippen LogP contribution is -2.52. The predicted molar refractivity (Wildman–Crippen MR) is 58.9 cm³/mol. The van der Waals surface area contributed by atoms with Crippen LogP contribution >= 0.6 is 0 Å². The first-order valence-corrected chi connectivity index (χ1v) is 5.27. The number of benzene rings is 1. The molecule has 6 heteroatoms. The quantitative estimate of drug-likeness (QED) is 0.593. The third kappa shape index (κ3) is 2.23. The zero-order valence-electron chi connectivity index (χ0n) is 9.42. The van der Waals surface area contributed by atoms with Crippen LogP contribution in [0.5, 0.6) is 0 Å². The smallest absolute Gasteiger partial charge is 0.346 e. The molecule has 0 amide bonds. The molecular weight excluding hydrogens is 238 g/mol. The topological polar surface area (TPSA) is 95.7 Å². The summed E-state index contributed by atoms with van der Waals surface area (Å²) in [6, 6.07) is 8.91. The van der Waals surface area contributed by atoms with Gasteiger partial charge >= 0.3 is 17.9 Å². The molecule has 0 aromatic heterocycles. The van der Waals surface area contributed by atoms with E-state index in [-0.39, 0.29) is 6.61 Å². The molecule has 1 aliphatic heterocycles. The highest BCUT2D eigenvalue weighted by Crippen LogP contribution is 2.20. The van der Waals surface area contributed by atoms with Gasteiger partial charge in [0.2, 0.25) is 5.54 Å². The fourth-order valence-corrected chi connectivity index (χ4v) is 1.54. The Morgan fingerprint density at radius 1 is 1.33 bits per heavy atom. The van der Waals surface area contributed by atoms with Crippen LogP contribution < -0.4 is 5.73 Å². The van der Waals surface area contributed by atoms with Crippen LogP contribution in [0.2, 0.25) is 0 Å². The molecule has 1 aliphatic rings. The van der Waals surface area contributed by atoms with E-state index in [4.69, 9.17) is 10.5 Å². The van der Waals surface area contributed by atoms with Gasteiger partial charge in [-0.1, -0.05) is 30.3 Å². The zero-order chi connectivity index (χ0) is 13.2. The van der Waals surface area contributed by atoms with Crippen molar-refractivity contribution in [3.8, 4) is 0 Å². The molecule has 0 radical (unpaired) electrons. The maximum Gasteiger partial charge on any atom is 0.346 e. The Kier molecular flexibility index (Phi) is 3.12. The second-order valence-electron chi connectivity index (χ2n) is 3.97. The molecule has 1 aromatic carbocycles. The average Bonchev–Trinajstić information content (AvgIpc) is 2.62. The first-order valence-electron chi connectivity index (χ1n) is 5.27. The number of cyclic esters (lactones) is 2. The van der Waals surface area contributed by atoms with Gasteiger partial charge in [0.15, 0.2) is 0 Å². The molecule has 1 heterocycles.